The van der Waals surface area contributed by atoms with E-state index in [2.05, 4.69) is 112 Å². The first kappa shape index (κ1) is 31.5. The van der Waals surface area contributed by atoms with E-state index >= 15 is 4.79 Å². The van der Waals surface area contributed by atoms with E-state index in [1.54, 1.807) is 0 Å². The molecule has 0 bridgehead atoms. The molecule has 0 radical (unpaired) electrons. The lowest BCUT2D eigenvalue weighted by Crippen LogP contribution is -2.20. The van der Waals surface area contributed by atoms with Gasteiger partial charge in [0.05, 0.1) is 44.2 Å². The molecular weight excluding hydrogens is 699 g/mol. The number of pyridine rings is 1. The Hall–Kier alpha value is -7.83. The Balaban J connectivity index is 1.27. The normalized spacial score (nSPS) is 11.9. The molecule has 12 rings (SSSR count). The van der Waals surface area contributed by atoms with Crippen molar-refractivity contribution in [1.29, 1.82) is 0 Å². The van der Waals surface area contributed by atoms with Gasteiger partial charge in [0.25, 0.3) is 5.56 Å². The smallest absolute Gasteiger partial charge is 0.265 e. The second kappa shape index (κ2) is 12.1. The van der Waals surface area contributed by atoms with Crippen LogP contribution in [-0.4, -0.2) is 23.7 Å². The molecule has 4 heterocycles. The molecule has 0 aliphatic rings. The van der Waals surface area contributed by atoms with Gasteiger partial charge in [-0.25, -0.2) is 9.97 Å². The lowest BCUT2D eigenvalue weighted by atomic mass is 9.99. The molecule has 266 valence electrons. The van der Waals surface area contributed by atoms with Gasteiger partial charge in [0, 0.05) is 49.3 Å². The molecule has 0 spiro atoms. The average molecular weight is 730 g/mol. The van der Waals surface area contributed by atoms with Gasteiger partial charge in [-0.2, -0.15) is 0 Å². The number of aromatic nitrogens is 5. The minimum atomic E-state index is -0.0769. The van der Waals surface area contributed by atoms with E-state index in [1.165, 1.54) is 0 Å². The van der Waals surface area contributed by atoms with E-state index in [0.717, 1.165) is 93.4 Å². The summed E-state index contributed by atoms with van der Waals surface area (Å²) in [6.45, 7) is 0. The molecule has 0 amide bonds. The van der Waals surface area contributed by atoms with E-state index in [-0.39, 0.29) is 5.56 Å². The number of hydrogen-bond acceptors (Lipinski definition) is 3. The zero-order chi connectivity index (χ0) is 37.6. The third-order valence-electron chi connectivity index (χ3n) is 11.4. The summed E-state index contributed by atoms with van der Waals surface area (Å²) >= 11 is 0. The van der Waals surface area contributed by atoms with Crippen LogP contribution in [0.3, 0.4) is 0 Å². The Morgan fingerprint density at radius 2 is 0.877 bits per heavy atom. The van der Waals surface area contributed by atoms with E-state index in [1.807, 2.05) is 89.5 Å². The van der Waals surface area contributed by atoms with E-state index in [0.29, 0.717) is 11.3 Å². The Bertz CT molecular complexity index is 3640. The second-order valence-corrected chi connectivity index (χ2v) is 14.5. The van der Waals surface area contributed by atoms with Crippen molar-refractivity contribution >= 4 is 76.2 Å². The molecule has 57 heavy (non-hydrogen) atoms. The SMILES string of the molecule is O=c1c2c(ccc3c4ccccc4n(-c4ccccc4)c32)c2ccc3c(c4ccccc4n3-c3nc(-c4ccccc4)c4ccccc4n3)c2n1-c1ccccc1. The molecule has 0 aliphatic carbocycles. The van der Waals surface area contributed by atoms with Crippen molar-refractivity contribution in [3.05, 3.63) is 198 Å². The van der Waals surface area contributed by atoms with Crippen molar-refractivity contribution in [2.75, 3.05) is 0 Å². The molecule has 0 saturated carbocycles. The topological polar surface area (TPSA) is 57.6 Å². The van der Waals surface area contributed by atoms with Crippen LogP contribution in [0.2, 0.25) is 0 Å². The number of hydrogen-bond donors (Lipinski definition) is 0. The minimum Gasteiger partial charge on any atom is -0.308 e. The quantitative estimate of drug-likeness (QED) is 0.170. The lowest BCUT2D eigenvalue weighted by Gasteiger charge is -2.17. The highest BCUT2D eigenvalue weighted by Gasteiger charge is 2.25. The van der Waals surface area contributed by atoms with Crippen molar-refractivity contribution in [3.63, 3.8) is 0 Å². The van der Waals surface area contributed by atoms with Gasteiger partial charge in [0.2, 0.25) is 5.95 Å². The summed E-state index contributed by atoms with van der Waals surface area (Å²) in [4.78, 5) is 26.3. The largest absolute Gasteiger partial charge is 0.308 e. The molecule has 0 atom stereocenters. The monoisotopic (exact) mass is 729 g/mol. The number of rotatable bonds is 4. The molecule has 6 nitrogen and oxygen atoms in total. The van der Waals surface area contributed by atoms with Crippen LogP contribution in [-0.2, 0) is 0 Å². The van der Waals surface area contributed by atoms with Crippen LogP contribution >= 0.6 is 0 Å². The van der Waals surface area contributed by atoms with E-state index in [4.69, 9.17) is 9.97 Å². The van der Waals surface area contributed by atoms with E-state index < -0.39 is 0 Å². The third-order valence-corrected chi connectivity index (χ3v) is 11.4. The Morgan fingerprint density at radius 1 is 0.351 bits per heavy atom. The summed E-state index contributed by atoms with van der Waals surface area (Å²) in [6.07, 6.45) is 0. The van der Waals surface area contributed by atoms with Crippen LogP contribution in [0.4, 0.5) is 0 Å². The van der Waals surface area contributed by atoms with Gasteiger partial charge in [0.1, 0.15) is 0 Å². The highest BCUT2D eigenvalue weighted by Crippen LogP contribution is 2.42. The molecule has 12 aromatic rings. The second-order valence-electron chi connectivity index (χ2n) is 14.5. The van der Waals surface area contributed by atoms with Crippen molar-refractivity contribution < 1.29 is 0 Å². The van der Waals surface area contributed by atoms with Crippen LogP contribution in [0.5, 0.6) is 0 Å². The predicted octanol–water partition coefficient (Wildman–Crippen LogP) is 11.9. The van der Waals surface area contributed by atoms with Crippen molar-refractivity contribution in [2.45, 2.75) is 0 Å². The number of benzene rings is 8. The molecule has 6 heteroatoms. The molecule has 8 aromatic carbocycles. The summed E-state index contributed by atoms with van der Waals surface area (Å²) in [5.74, 6) is 0.571. The summed E-state index contributed by atoms with van der Waals surface area (Å²) in [7, 11) is 0. The fourth-order valence-electron chi connectivity index (χ4n) is 9.07. The molecule has 0 fully saturated rings. The fourth-order valence-corrected chi connectivity index (χ4v) is 9.07. The van der Waals surface area contributed by atoms with Gasteiger partial charge in [-0.1, -0.05) is 140 Å². The van der Waals surface area contributed by atoms with Gasteiger partial charge in [0.15, 0.2) is 0 Å². The minimum absolute atomic E-state index is 0.0769. The molecule has 0 N–H and O–H groups in total. The van der Waals surface area contributed by atoms with Crippen LogP contribution in [0.25, 0.3) is 105 Å². The Morgan fingerprint density at radius 3 is 1.61 bits per heavy atom. The summed E-state index contributed by atoms with van der Waals surface area (Å²) in [5, 5.41) is 7.68. The van der Waals surface area contributed by atoms with Crippen LogP contribution in [0.15, 0.2) is 193 Å². The Labute approximate surface area is 325 Å². The van der Waals surface area contributed by atoms with Gasteiger partial charge in [-0.3, -0.25) is 13.9 Å². The molecule has 0 aliphatic heterocycles. The third kappa shape index (κ3) is 4.49. The van der Waals surface area contributed by atoms with Crippen molar-refractivity contribution in [3.8, 4) is 28.6 Å². The number of nitrogens with zero attached hydrogens (tertiary/aromatic N) is 5. The summed E-state index contributed by atoms with van der Waals surface area (Å²) in [5.41, 5.74) is 9.15. The number of para-hydroxylation sites is 5. The summed E-state index contributed by atoms with van der Waals surface area (Å²) in [6, 6.07) is 64.3. The lowest BCUT2D eigenvalue weighted by molar-refractivity contribution is 1.01. The zero-order valence-corrected chi connectivity index (χ0v) is 30.5. The highest BCUT2D eigenvalue weighted by molar-refractivity contribution is 6.28. The first-order valence-corrected chi connectivity index (χ1v) is 19.1. The van der Waals surface area contributed by atoms with Gasteiger partial charge >= 0.3 is 0 Å². The summed E-state index contributed by atoms with van der Waals surface area (Å²) < 4.78 is 6.34. The zero-order valence-electron chi connectivity index (χ0n) is 30.5. The highest BCUT2D eigenvalue weighted by atomic mass is 16.1. The maximum atomic E-state index is 15.7. The fraction of sp³-hybridized carbons (Fsp3) is 0. The standard InChI is InChI=1S/C51H31N5O/c57-50-46-36(28-29-37-35-22-11-14-26-42(35)54(49(37)46)33-18-6-2-7-19-33)38-30-31-44-45(48(38)55(50)34-20-8-3-9-21-34)40-24-12-15-27-43(40)56(44)51-52-41-25-13-10-23-39(41)47(53-51)32-16-4-1-5-17-32/h1-31H. The van der Waals surface area contributed by atoms with Gasteiger partial charge in [-0.05, 0) is 53.9 Å². The van der Waals surface area contributed by atoms with Crippen molar-refractivity contribution in [2.24, 2.45) is 0 Å². The predicted molar refractivity (Wildman–Crippen MR) is 234 cm³/mol. The number of fused-ring (bicyclic) bond motifs is 12. The van der Waals surface area contributed by atoms with E-state index in [9.17, 15) is 0 Å². The average Bonchev–Trinajstić information content (AvgIpc) is 3.80. The molecule has 0 unspecified atom stereocenters. The molecular formula is C51H31N5O. The maximum Gasteiger partial charge on any atom is 0.265 e. The van der Waals surface area contributed by atoms with Gasteiger partial charge in [-0.15, -0.1) is 0 Å². The first-order valence-electron chi connectivity index (χ1n) is 19.1. The first-order chi connectivity index (χ1) is 28.2. The van der Waals surface area contributed by atoms with Crippen LogP contribution in [0, 0.1) is 0 Å². The molecule has 4 aromatic heterocycles. The van der Waals surface area contributed by atoms with Crippen LogP contribution < -0.4 is 5.56 Å². The van der Waals surface area contributed by atoms with Crippen molar-refractivity contribution in [1.82, 2.24) is 23.7 Å². The van der Waals surface area contributed by atoms with Crippen LogP contribution in [0.1, 0.15) is 0 Å². The maximum absolute atomic E-state index is 15.7. The molecule has 0 saturated heterocycles. The Kier molecular flexibility index (Phi) is 6.68. The van der Waals surface area contributed by atoms with Gasteiger partial charge < -0.3 is 4.57 Å².